The normalized spacial score (nSPS) is 9.94. The Morgan fingerprint density at radius 2 is 1.53 bits per heavy atom. The van der Waals surface area contributed by atoms with Gasteiger partial charge in [-0.05, 0) is 47.5 Å². The van der Waals surface area contributed by atoms with Crippen LogP contribution >= 0.6 is 23.2 Å². The molecule has 4 rings (SSSR count). The Balaban J connectivity index is 0.00000228. The minimum absolute atomic E-state index is 0. The molecule has 0 heterocycles. The molecule has 178 valence electrons. The number of aromatic carboxylic acids is 1. The number of carboxylic acids is 1. The zero-order chi connectivity index (χ0) is 24.1. The molecule has 1 amide bonds. The van der Waals surface area contributed by atoms with Gasteiger partial charge in [-0.2, -0.15) is 0 Å². The largest absolute Gasteiger partial charge is 1.00 e. The second-order valence-electron chi connectivity index (χ2n) is 7.40. The van der Waals surface area contributed by atoms with Crippen molar-refractivity contribution in [1.82, 2.24) is 0 Å². The third-order valence-electron chi connectivity index (χ3n) is 5.10. The van der Waals surface area contributed by atoms with Gasteiger partial charge < -0.3 is 20.0 Å². The summed E-state index contributed by atoms with van der Waals surface area (Å²) in [7, 11) is 0. The van der Waals surface area contributed by atoms with Gasteiger partial charge in [0.15, 0.2) is 0 Å². The molecule has 0 aliphatic rings. The Morgan fingerprint density at radius 1 is 0.833 bits per heavy atom. The first kappa shape index (κ1) is 29.0. The molecule has 0 radical (unpaired) electrons. The number of carbonyl (C=O) groups excluding carboxylic acids is 2. The predicted octanol–water partition coefficient (Wildman–Crippen LogP) is 3.50. The van der Waals surface area contributed by atoms with Crippen LogP contribution in [0.25, 0.3) is 11.1 Å². The van der Waals surface area contributed by atoms with Gasteiger partial charge in [0.1, 0.15) is 12.4 Å². The molecule has 0 aliphatic heterocycles. The molecule has 0 bridgehead atoms. The fourth-order valence-electron chi connectivity index (χ4n) is 3.42. The molecule has 0 saturated carbocycles. The topological polar surface area (TPSA) is 78.5 Å². The second kappa shape index (κ2) is 13.2. The predicted molar refractivity (Wildman–Crippen MR) is 138 cm³/mol. The molecule has 0 atom stereocenters. The fraction of sp³-hybridized carbons (Fsp3) is 0.0714. The smallest absolute Gasteiger partial charge is 0.545 e. The van der Waals surface area contributed by atoms with Crippen LogP contribution in [0.3, 0.4) is 0 Å². The van der Waals surface area contributed by atoms with Gasteiger partial charge in [0, 0.05) is 16.1 Å². The van der Waals surface area contributed by atoms with Crippen LogP contribution in [-0.4, -0.2) is 11.9 Å². The summed E-state index contributed by atoms with van der Waals surface area (Å²) in [5.74, 6) is -1.40. The van der Waals surface area contributed by atoms with Gasteiger partial charge in [0.05, 0.1) is 22.2 Å². The van der Waals surface area contributed by atoms with E-state index in [1.54, 1.807) is 6.07 Å². The van der Waals surface area contributed by atoms with E-state index in [-0.39, 0.29) is 48.1 Å². The Labute approximate surface area is 232 Å². The Bertz CT molecular complexity index is 1360. The molecule has 0 aliphatic carbocycles. The number of carbonyl (C=O) groups is 2. The number of carboxylic acid groups (broad SMARTS) is 1. The molecule has 8 heteroatoms. The molecule has 0 unspecified atom stereocenters. The minimum atomic E-state index is -1.43. The van der Waals surface area contributed by atoms with Gasteiger partial charge in [0.25, 0.3) is 5.91 Å². The molecule has 0 spiro atoms. The first-order valence-corrected chi connectivity index (χ1v) is 11.1. The summed E-state index contributed by atoms with van der Waals surface area (Å²) in [5.41, 5.74) is 2.40. The summed E-state index contributed by atoms with van der Waals surface area (Å²) < 4.78 is 6.00. The number of anilines is 1. The average molecular weight is 514 g/mol. The molecule has 36 heavy (non-hydrogen) atoms. The summed E-state index contributed by atoms with van der Waals surface area (Å²) in [6.07, 6.45) is 0. The van der Waals surface area contributed by atoms with Crippen LogP contribution in [0.5, 0.6) is 5.75 Å². The van der Waals surface area contributed by atoms with Crippen molar-refractivity contribution in [1.29, 1.82) is 0 Å². The van der Waals surface area contributed by atoms with Crippen molar-refractivity contribution in [2.45, 2.75) is 14.0 Å². The van der Waals surface area contributed by atoms with Crippen molar-refractivity contribution in [3.63, 3.8) is 0 Å². The van der Waals surface area contributed by atoms with Crippen LogP contribution in [0, 0.1) is 0 Å². The number of ether oxygens (including phenoxy) is 1. The summed E-state index contributed by atoms with van der Waals surface area (Å²) in [6, 6.07) is 26.1. The number of hydrogen-bond donors (Lipinski definition) is 1. The van der Waals surface area contributed by atoms with Crippen molar-refractivity contribution >= 4 is 40.8 Å². The molecule has 1 N–H and O–H groups in total. The van der Waals surface area contributed by atoms with Gasteiger partial charge in [-0.15, -0.1) is 0 Å². The fourth-order valence-corrected chi connectivity index (χ4v) is 3.91. The van der Waals surface area contributed by atoms with E-state index < -0.39 is 11.9 Å². The first-order chi connectivity index (χ1) is 16.4. The van der Waals surface area contributed by atoms with Crippen LogP contribution < -0.4 is 34.0 Å². The number of rotatable bonds is 7. The van der Waals surface area contributed by atoms with E-state index in [0.29, 0.717) is 28.5 Å². The summed E-state index contributed by atoms with van der Waals surface area (Å²) >= 11 is 12.0. The maximum absolute atomic E-state index is 12.7. The Kier molecular flexibility index (Phi) is 10.6. The SMILES string of the molecule is C.O=C(Nc1ccc(-c2ccccc2OCc2ccccc2)cc1C(=O)[O-])c1ccc(Cl)cc1Cl.[Li+]. The zero-order valence-electron chi connectivity index (χ0n) is 18.8. The number of hydrogen-bond acceptors (Lipinski definition) is 4. The Morgan fingerprint density at radius 3 is 2.22 bits per heavy atom. The number of para-hydroxylation sites is 1. The monoisotopic (exact) mass is 513 g/mol. The van der Waals surface area contributed by atoms with Crippen molar-refractivity contribution in [2.75, 3.05) is 5.32 Å². The Hall–Kier alpha value is -3.20. The zero-order valence-corrected chi connectivity index (χ0v) is 20.3. The molecule has 0 aromatic heterocycles. The summed E-state index contributed by atoms with van der Waals surface area (Å²) in [4.78, 5) is 24.6. The number of halogens is 2. The quantitative estimate of drug-likeness (QED) is 0.383. The molecule has 0 fully saturated rings. The van der Waals surface area contributed by atoms with Crippen molar-refractivity contribution in [2.24, 2.45) is 0 Å². The van der Waals surface area contributed by atoms with Crippen LogP contribution in [-0.2, 0) is 6.61 Å². The summed E-state index contributed by atoms with van der Waals surface area (Å²) in [6.45, 7) is 0.362. The molecular formula is C28H22Cl2LiNO4. The van der Waals surface area contributed by atoms with Crippen LogP contribution in [0.1, 0.15) is 33.7 Å². The van der Waals surface area contributed by atoms with E-state index in [0.717, 1.165) is 5.56 Å². The second-order valence-corrected chi connectivity index (χ2v) is 8.24. The van der Waals surface area contributed by atoms with E-state index in [2.05, 4.69) is 5.32 Å². The van der Waals surface area contributed by atoms with Crippen molar-refractivity contribution in [3.05, 3.63) is 118 Å². The maximum Gasteiger partial charge on any atom is 1.00 e. The summed E-state index contributed by atoms with van der Waals surface area (Å²) in [5, 5.41) is 15.0. The van der Waals surface area contributed by atoms with Crippen LogP contribution in [0.2, 0.25) is 10.0 Å². The third kappa shape index (κ3) is 6.93. The van der Waals surface area contributed by atoms with Gasteiger partial charge >= 0.3 is 18.9 Å². The maximum atomic E-state index is 12.7. The number of benzene rings is 4. The first-order valence-electron chi connectivity index (χ1n) is 10.3. The van der Waals surface area contributed by atoms with Crippen LogP contribution in [0.4, 0.5) is 5.69 Å². The van der Waals surface area contributed by atoms with E-state index in [4.69, 9.17) is 27.9 Å². The van der Waals surface area contributed by atoms with Gasteiger partial charge in [-0.1, -0.05) is 85.2 Å². The molecular weight excluding hydrogens is 492 g/mol. The minimum Gasteiger partial charge on any atom is -0.545 e. The molecule has 4 aromatic rings. The third-order valence-corrected chi connectivity index (χ3v) is 5.65. The van der Waals surface area contributed by atoms with Gasteiger partial charge in [-0.3, -0.25) is 4.79 Å². The van der Waals surface area contributed by atoms with Gasteiger partial charge in [-0.25, -0.2) is 0 Å². The van der Waals surface area contributed by atoms with Crippen molar-refractivity contribution in [3.8, 4) is 16.9 Å². The number of amides is 1. The van der Waals surface area contributed by atoms with Crippen molar-refractivity contribution < 1.29 is 38.3 Å². The van der Waals surface area contributed by atoms with E-state index in [9.17, 15) is 14.7 Å². The standard InChI is InChI=1S/C27H19Cl2NO4.CH4.Li/c28-19-11-12-21(23(29)15-19)26(31)30-24-13-10-18(14-22(24)27(32)33)20-8-4-5-9-25(20)34-16-17-6-2-1-3-7-17;;/h1-15H,16H2,(H,30,31)(H,32,33);1H4;/q;;+1/p-1. The van der Waals surface area contributed by atoms with Gasteiger partial charge in [0.2, 0.25) is 0 Å². The number of nitrogens with one attached hydrogen (secondary N) is 1. The molecule has 4 aromatic carbocycles. The van der Waals surface area contributed by atoms with E-state index >= 15 is 0 Å². The van der Waals surface area contributed by atoms with E-state index in [1.807, 2.05) is 54.6 Å². The van der Waals surface area contributed by atoms with Crippen LogP contribution in [0.15, 0.2) is 91.0 Å². The molecule has 0 saturated heterocycles. The molecule has 5 nitrogen and oxygen atoms in total. The van der Waals surface area contributed by atoms with E-state index in [1.165, 1.54) is 30.3 Å². The average Bonchev–Trinajstić information content (AvgIpc) is 2.83.